The Labute approximate surface area is 159 Å². The fourth-order valence-corrected chi connectivity index (χ4v) is 2.73. The summed E-state index contributed by atoms with van der Waals surface area (Å²) in [6.45, 7) is 3.74. The standard InChI is InChI=1S/C21H16N2O5/c1-12-16(19(24)23(2)20(25)17(12)11-22)10-15-8-9-18(28-15)13-4-6-14(7-5-13)21(26)27-3/h4-10,25H,1H2,2-3H3/b16-10+. The van der Waals surface area contributed by atoms with E-state index in [1.54, 1.807) is 36.4 Å². The van der Waals surface area contributed by atoms with E-state index >= 15 is 0 Å². The zero-order valence-corrected chi connectivity index (χ0v) is 15.2. The van der Waals surface area contributed by atoms with Crippen LogP contribution < -0.4 is 16.0 Å². The Morgan fingerprint density at radius 1 is 1.29 bits per heavy atom. The van der Waals surface area contributed by atoms with Crippen LogP contribution in [0, 0.1) is 11.3 Å². The Morgan fingerprint density at radius 3 is 2.57 bits per heavy atom. The number of methoxy groups -OCH3 is 1. The number of pyridine rings is 1. The lowest BCUT2D eigenvalue weighted by Gasteiger charge is -2.04. The maximum atomic E-state index is 12.4. The van der Waals surface area contributed by atoms with Crippen LogP contribution in [-0.4, -0.2) is 22.8 Å². The molecule has 0 saturated heterocycles. The summed E-state index contributed by atoms with van der Waals surface area (Å²) < 4.78 is 11.4. The number of carbonyl (C=O) groups is 1. The van der Waals surface area contributed by atoms with Gasteiger partial charge < -0.3 is 14.3 Å². The highest BCUT2D eigenvalue weighted by molar-refractivity contribution is 5.89. The molecule has 0 amide bonds. The van der Waals surface area contributed by atoms with E-state index in [1.165, 1.54) is 20.2 Å². The van der Waals surface area contributed by atoms with Gasteiger partial charge in [0.2, 0.25) is 5.88 Å². The van der Waals surface area contributed by atoms with Crippen LogP contribution in [0.25, 0.3) is 24.0 Å². The molecule has 0 fully saturated rings. The summed E-state index contributed by atoms with van der Waals surface area (Å²) in [5, 5.41) is 19.4. The first-order valence-corrected chi connectivity index (χ1v) is 8.18. The summed E-state index contributed by atoms with van der Waals surface area (Å²) in [7, 11) is 2.68. The van der Waals surface area contributed by atoms with E-state index in [2.05, 4.69) is 11.3 Å². The molecule has 0 saturated carbocycles. The van der Waals surface area contributed by atoms with Crippen LogP contribution in [-0.2, 0) is 11.8 Å². The van der Waals surface area contributed by atoms with Gasteiger partial charge in [0.15, 0.2) is 0 Å². The van der Waals surface area contributed by atoms with Gasteiger partial charge in [0.1, 0.15) is 23.2 Å². The minimum absolute atomic E-state index is 0.0708. The van der Waals surface area contributed by atoms with Gasteiger partial charge in [-0.1, -0.05) is 18.7 Å². The molecule has 2 aromatic heterocycles. The van der Waals surface area contributed by atoms with Gasteiger partial charge in [0, 0.05) is 17.8 Å². The normalized spacial score (nSPS) is 11.2. The SMILES string of the molecule is C=c1c(C#N)c(O)n(C)c(=O)/c1=C/c1ccc(-c2ccc(C(=O)OC)cc2)o1. The first kappa shape index (κ1) is 18.7. The van der Waals surface area contributed by atoms with Crippen LogP contribution in [0.2, 0.25) is 0 Å². The number of rotatable bonds is 3. The molecule has 0 aliphatic heterocycles. The van der Waals surface area contributed by atoms with E-state index in [4.69, 9.17) is 4.42 Å². The Hall–Kier alpha value is -4.05. The van der Waals surface area contributed by atoms with Crippen molar-refractivity contribution < 1.29 is 19.1 Å². The van der Waals surface area contributed by atoms with Crippen molar-refractivity contribution in [3.8, 4) is 23.3 Å². The summed E-state index contributed by atoms with van der Waals surface area (Å²) in [4.78, 5) is 23.9. The Morgan fingerprint density at radius 2 is 1.96 bits per heavy atom. The van der Waals surface area contributed by atoms with Crippen LogP contribution in [0.5, 0.6) is 5.88 Å². The molecule has 0 unspecified atom stereocenters. The number of furan rings is 1. The van der Waals surface area contributed by atoms with Gasteiger partial charge in [-0.2, -0.15) is 5.26 Å². The molecule has 1 aromatic carbocycles. The largest absolute Gasteiger partial charge is 0.493 e. The van der Waals surface area contributed by atoms with Gasteiger partial charge in [-0.05, 0) is 30.3 Å². The number of nitriles is 1. The second-order valence-electron chi connectivity index (χ2n) is 5.98. The number of ether oxygens (including phenoxy) is 1. The summed E-state index contributed by atoms with van der Waals surface area (Å²) in [6.07, 6.45) is 1.47. The van der Waals surface area contributed by atoms with Gasteiger partial charge in [0.05, 0.1) is 17.9 Å². The van der Waals surface area contributed by atoms with Gasteiger partial charge >= 0.3 is 5.97 Å². The van der Waals surface area contributed by atoms with Crippen molar-refractivity contribution in [2.75, 3.05) is 7.11 Å². The zero-order chi connectivity index (χ0) is 20.4. The average Bonchev–Trinajstić information content (AvgIpc) is 3.18. The fourth-order valence-electron chi connectivity index (χ4n) is 2.73. The summed E-state index contributed by atoms with van der Waals surface area (Å²) >= 11 is 0. The van der Waals surface area contributed by atoms with Crippen molar-refractivity contribution >= 4 is 18.6 Å². The van der Waals surface area contributed by atoms with Crippen LogP contribution in [0.3, 0.4) is 0 Å². The molecule has 0 bridgehead atoms. The van der Waals surface area contributed by atoms with Gasteiger partial charge in [-0.15, -0.1) is 0 Å². The number of benzene rings is 1. The number of aromatic hydroxyl groups is 1. The molecule has 28 heavy (non-hydrogen) atoms. The van der Waals surface area contributed by atoms with Crippen LogP contribution >= 0.6 is 0 Å². The van der Waals surface area contributed by atoms with Crippen molar-refractivity contribution in [1.82, 2.24) is 4.57 Å². The quantitative estimate of drug-likeness (QED) is 0.690. The summed E-state index contributed by atoms with van der Waals surface area (Å²) in [5.74, 6) is 0.0490. The Bertz CT molecular complexity index is 1270. The molecule has 0 atom stereocenters. The van der Waals surface area contributed by atoms with Gasteiger partial charge in [0.25, 0.3) is 5.56 Å². The smallest absolute Gasteiger partial charge is 0.337 e. The number of esters is 1. The van der Waals surface area contributed by atoms with Crippen LogP contribution in [0.4, 0.5) is 0 Å². The molecule has 0 aliphatic rings. The molecular formula is C21H16N2O5. The molecule has 2 heterocycles. The third-order valence-electron chi connectivity index (χ3n) is 4.32. The number of carbonyl (C=O) groups excluding carboxylic acids is 1. The van der Waals surface area contributed by atoms with Crippen molar-refractivity contribution in [2.24, 2.45) is 7.05 Å². The van der Waals surface area contributed by atoms with E-state index in [9.17, 15) is 20.0 Å². The lowest BCUT2D eigenvalue weighted by molar-refractivity contribution is 0.0600. The fraction of sp³-hybridized carbons (Fsp3) is 0.0952. The number of aromatic nitrogens is 1. The molecule has 3 rings (SSSR count). The van der Waals surface area contributed by atoms with Crippen LogP contribution in [0.15, 0.2) is 45.6 Å². The zero-order valence-electron chi connectivity index (χ0n) is 15.2. The average molecular weight is 376 g/mol. The predicted octanol–water partition coefficient (Wildman–Crippen LogP) is 1.25. The van der Waals surface area contributed by atoms with E-state index in [0.717, 1.165) is 10.1 Å². The highest BCUT2D eigenvalue weighted by Crippen LogP contribution is 2.23. The topological polar surface area (TPSA) is 105 Å². The van der Waals surface area contributed by atoms with Gasteiger partial charge in [-0.25, -0.2) is 4.79 Å². The molecule has 7 nitrogen and oxygen atoms in total. The van der Waals surface area contributed by atoms with Crippen molar-refractivity contribution in [2.45, 2.75) is 0 Å². The summed E-state index contributed by atoms with van der Waals surface area (Å²) in [5.41, 5.74) is 0.585. The number of hydrogen-bond donors (Lipinski definition) is 1. The second kappa shape index (κ2) is 7.29. The van der Waals surface area contributed by atoms with E-state index in [-0.39, 0.29) is 16.0 Å². The lowest BCUT2D eigenvalue weighted by Crippen LogP contribution is -2.45. The number of nitrogens with zero attached hydrogens (tertiary/aromatic N) is 2. The molecule has 0 spiro atoms. The van der Waals surface area contributed by atoms with E-state index < -0.39 is 17.4 Å². The molecule has 1 N–H and O–H groups in total. The third-order valence-corrected chi connectivity index (χ3v) is 4.32. The second-order valence-corrected chi connectivity index (χ2v) is 5.98. The maximum absolute atomic E-state index is 12.4. The van der Waals surface area contributed by atoms with E-state index in [0.29, 0.717) is 17.1 Å². The summed E-state index contributed by atoms with van der Waals surface area (Å²) in [6, 6.07) is 11.9. The lowest BCUT2D eigenvalue weighted by atomic mass is 10.1. The highest BCUT2D eigenvalue weighted by Gasteiger charge is 2.11. The molecule has 0 radical (unpaired) electrons. The Kier molecular flexibility index (Phi) is 4.88. The van der Waals surface area contributed by atoms with Crippen molar-refractivity contribution in [3.63, 3.8) is 0 Å². The predicted molar refractivity (Wildman–Crippen MR) is 102 cm³/mol. The monoisotopic (exact) mass is 376 g/mol. The first-order valence-electron chi connectivity index (χ1n) is 8.18. The number of hydrogen-bond acceptors (Lipinski definition) is 6. The molecule has 3 aromatic rings. The van der Waals surface area contributed by atoms with Gasteiger partial charge in [-0.3, -0.25) is 9.36 Å². The minimum atomic E-state index is -0.498. The molecule has 140 valence electrons. The first-order chi connectivity index (χ1) is 13.4. The van der Waals surface area contributed by atoms with Crippen molar-refractivity contribution in [1.29, 1.82) is 5.26 Å². The van der Waals surface area contributed by atoms with Crippen LogP contribution in [0.1, 0.15) is 21.7 Å². The third kappa shape index (κ3) is 3.19. The maximum Gasteiger partial charge on any atom is 0.337 e. The molecule has 7 heteroatoms. The van der Waals surface area contributed by atoms with Crippen molar-refractivity contribution in [3.05, 3.63) is 74.1 Å². The molecule has 0 aliphatic carbocycles. The Balaban J connectivity index is 2.06. The molecular weight excluding hydrogens is 360 g/mol. The van der Waals surface area contributed by atoms with E-state index in [1.807, 2.05) is 6.07 Å². The highest BCUT2D eigenvalue weighted by atomic mass is 16.5. The minimum Gasteiger partial charge on any atom is -0.493 e.